The van der Waals surface area contributed by atoms with Gasteiger partial charge in [0.25, 0.3) is 0 Å². The van der Waals surface area contributed by atoms with Gasteiger partial charge in [-0.25, -0.2) is 0 Å². The van der Waals surface area contributed by atoms with E-state index in [2.05, 4.69) is 48.6 Å². The van der Waals surface area contributed by atoms with Gasteiger partial charge in [-0.3, -0.25) is 0 Å². The van der Waals surface area contributed by atoms with Crippen molar-refractivity contribution in [1.82, 2.24) is 5.32 Å². The Hall–Kier alpha value is -1.02. The molecule has 0 radical (unpaired) electrons. The summed E-state index contributed by atoms with van der Waals surface area (Å²) in [6.07, 6.45) is 3.81. The molecule has 0 amide bonds. The highest BCUT2D eigenvalue weighted by Gasteiger charge is 2.16. The zero-order valence-corrected chi connectivity index (χ0v) is 9.66. The minimum absolute atomic E-state index is 0.686. The molecule has 2 rings (SSSR count). The third-order valence-electron chi connectivity index (χ3n) is 3.10. The molecule has 0 spiro atoms. The van der Waals surface area contributed by atoms with E-state index in [1.807, 2.05) is 0 Å². The topological polar surface area (TPSA) is 15.3 Å². The normalized spacial score (nSPS) is 20.5. The highest BCUT2D eigenvalue weighted by atomic mass is 15.1. The third-order valence-corrected chi connectivity index (χ3v) is 3.10. The Kier molecular flexibility index (Phi) is 3.27. The van der Waals surface area contributed by atoms with Crippen LogP contribution < -0.4 is 10.2 Å². The van der Waals surface area contributed by atoms with Crippen molar-refractivity contribution in [3.05, 3.63) is 29.8 Å². The van der Waals surface area contributed by atoms with Crippen molar-refractivity contribution < 1.29 is 0 Å². The fourth-order valence-corrected chi connectivity index (χ4v) is 2.32. The molecule has 1 heterocycles. The van der Waals surface area contributed by atoms with E-state index < -0.39 is 0 Å². The molecule has 0 aliphatic carbocycles. The number of nitrogens with zero attached hydrogens (tertiary/aromatic N) is 1. The van der Waals surface area contributed by atoms with Crippen LogP contribution in [0.15, 0.2) is 24.3 Å². The van der Waals surface area contributed by atoms with E-state index in [9.17, 15) is 0 Å². The van der Waals surface area contributed by atoms with Crippen LogP contribution in [0.2, 0.25) is 0 Å². The second-order valence-corrected chi connectivity index (χ2v) is 4.52. The molecule has 82 valence electrons. The second kappa shape index (κ2) is 4.67. The summed E-state index contributed by atoms with van der Waals surface area (Å²) in [5, 5.41) is 3.55. The summed E-state index contributed by atoms with van der Waals surface area (Å²) in [6.45, 7) is 1.19. The number of hydrogen-bond acceptors (Lipinski definition) is 2. The van der Waals surface area contributed by atoms with E-state index in [0.29, 0.717) is 6.04 Å². The van der Waals surface area contributed by atoms with Crippen molar-refractivity contribution in [2.75, 3.05) is 25.5 Å². The monoisotopic (exact) mass is 204 g/mol. The van der Waals surface area contributed by atoms with Crippen LogP contribution in [0.1, 0.15) is 18.4 Å². The number of nitrogens with one attached hydrogen (secondary N) is 1. The maximum Gasteiger partial charge on any atom is 0.0394 e. The van der Waals surface area contributed by atoms with Crippen LogP contribution in [0.4, 0.5) is 5.69 Å². The number of anilines is 1. The molecule has 1 atom stereocenters. The van der Waals surface area contributed by atoms with Crippen molar-refractivity contribution >= 4 is 5.69 Å². The SMILES string of the molecule is CN(C)c1ccccc1CC1CCCN1. The lowest BCUT2D eigenvalue weighted by Crippen LogP contribution is -2.24. The molecule has 1 saturated heterocycles. The lowest BCUT2D eigenvalue weighted by molar-refractivity contribution is 0.603. The van der Waals surface area contributed by atoms with Crippen LogP contribution in [-0.2, 0) is 6.42 Å². The molecule has 2 heteroatoms. The summed E-state index contributed by atoms with van der Waals surface area (Å²) in [7, 11) is 4.22. The van der Waals surface area contributed by atoms with Gasteiger partial charge in [0.05, 0.1) is 0 Å². The van der Waals surface area contributed by atoms with Crippen molar-refractivity contribution in [3.8, 4) is 0 Å². The van der Waals surface area contributed by atoms with Crippen LogP contribution in [0.3, 0.4) is 0 Å². The first kappa shape index (κ1) is 10.5. The minimum atomic E-state index is 0.686. The number of para-hydroxylation sites is 1. The molecular weight excluding hydrogens is 184 g/mol. The van der Waals surface area contributed by atoms with Crippen LogP contribution in [0.5, 0.6) is 0 Å². The molecule has 2 nitrogen and oxygen atoms in total. The summed E-state index contributed by atoms with van der Waals surface area (Å²) in [5.74, 6) is 0. The number of rotatable bonds is 3. The Balaban J connectivity index is 2.12. The fraction of sp³-hybridized carbons (Fsp3) is 0.538. The van der Waals surface area contributed by atoms with Gasteiger partial charge in [-0.2, -0.15) is 0 Å². The molecule has 1 unspecified atom stereocenters. The molecule has 1 fully saturated rings. The van der Waals surface area contributed by atoms with Crippen molar-refractivity contribution in [2.45, 2.75) is 25.3 Å². The Morgan fingerprint density at radius 1 is 1.33 bits per heavy atom. The maximum absolute atomic E-state index is 3.55. The van der Waals surface area contributed by atoms with Gasteiger partial charge in [0.2, 0.25) is 0 Å². The minimum Gasteiger partial charge on any atom is -0.377 e. The van der Waals surface area contributed by atoms with Crippen LogP contribution >= 0.6 is 0 Å². The van der Waals surface area contributed by atoms with Gasteiger partial charge in [-0.05, 0) is 37.4 Å². The highest BCUT2D eigenvalue weighted by Crippen LogP contribution is 2.21. The zero-order valence-electron chi connectivity index (χ0n) is 9.66. The van der Waals surface area contributed by atoms with Crippen LogP contribution in [-0.4, -0.2) is 26.7 Å². The molecular formula is C13H20N2. The Morgan fingerprint density at radius 3 is 2.80 bits per heavy atom. The quantitative estimate of drug-likeness (QED) is 0.810. The van der Waals surface area contributed by atoms with E-state index in [4.69, 9.17) is 0 Å². The molecule has 0 aromatic heterocycles. The molecule has 1 aromatic rings. The smallest absolute Gasteiger partial charge is 0.0394 e. The molecule has 1 aliphatic rings. The van der Waals surface area contributed by atoms with Gasteiger partial charge in [0.1, 0.15) is 0 Å². The molecule has 1 aromatic carbocycles. The standard InChI is InChI=1S/C13H20N2/c1-15(2)13-8-4-3-6-11(13)10-12-7-5-9-14-12/h3-4,6,8,12,14H,5,7,9-10H2,1-2H3. The average Bonchev–Trinajstić information content (AvgIpc) is 2.71. The predicted octanol–water partition coefficient (Wildman–Crippen LogP) is 2.05. The first-order valence-electron chi connectivity index (χ1n) is 5.76. The van der Waals surface area contributed by atoms with E-state index in [1.165, 1.54) is 30.6 Å². The van der Waals surface area contributed by atoms with E-state index in [-0.39, 0.29) is 0 Å². The largest absolute Gasteiger partial charge is 0.377 e. The lowest BCUT2D eigenvalue weighted by atomic mass is 10.0. The van der Waals surface area contributed by atoms with Crippen molar-refractivity contribution in [2.24, 2.45) is 0 Å². The van der Waals surface area contributed by atoms with Crippen molar-refractivity contribution in [1.29, 1.82) is 0 Å². The number of hydrogen-bond donors (Lipinski definition) is 1. The zero-order chi connectivity index (χ0) is 10.7. The lowest BCUT2D eigenvalue weighted by Gasteiger charge is -2.19. The molecule has 0 bridgehead atoms. The van der Waals surface area contributed by atoms with E-state index in [0.717, 1.165) is 6.42 Å². The molecule has 0 saturated carbocycles. The summed E-state index contributed by atoms with van der Waals surface area (Å²) < 4.78 is 0. The first-order valence-corrected chi connectivity index (χ1v) is 5.76. The van der Waals surface area contributed by atoms with Crippen molar-refractivity contribution in [3.63, 3.8) is 0 Å². The summed E-state index contributed by atoms with van der Waals surface area (Å²) in [4.78, 5) is 2.20. The van der Waals surface area contributed by atoms with Gasteiger partial charge in [0.15, 0.2) is 0 Å². The summed E-state index contributed by atoms with van der Waals surface area (Å²) in [5.41, 5.74) is 2.81. The fourth-order valence-electron chi connectivity index (χ4n) is 2.32. The van der Waals surface area contributed by atoms with Gasteiger partial charge >= 0.3 is 0 Å². The Morgan fingerprint density at radius 2 is 2.13 bits per heavy atom. The third kappa shape index (κ3) is 2.51. The molecule has 1 aliphatic heterocycles. The average molecular weight is 204 g/mol. The van der Waals surface area contributed by atoms with Gasteiger partial charge < -0.3 is 10.2 Å². The predicted molar refractivity (Wildman–Crippen MR) is 65.5 cm³/mol. The van der Waals surface area contributed by atoms with Gasteiger partial charge in [-0.1, -0.05) is 18.2 Å². The highest BCUT2D eigenvalue weighted by molar-refractivity contribution is 5.52. The van der Waals surface area contributed by atoms with Crippen LogP contribution in [0, 0.1) is 0 Å². The second-order valence-electron chi connectivity index (χ2n) is 4.52. The van der Waals surface area contributed by atoms with Gasteiger partial charge in [-0.15, -0.1) is 0 Å². The summed E-state index contributed by atoms with van der Waals surface area (Å²) >= 11 is 0. The Bertz CT molecular complexity index is 314. The summed E-state index contributed by atoms with van der Waals surface area (Å²) in [6, 6.07) is 9.38. The van der Waals surface area contributed by atoms with Crippen LogP contribution in [0.25, 0.3) is 0 Å². The van der Waals surface area contributed by atoms with E-state index >= 15 is 0 Å². The molecule has 15 heavy (non-hydrogen) atoms. The van der Waals surface area contributed by atoms with Gasteiger partial charge in [0, 0.05) is 25.8 Å². The Labute approximate surface area is 92.3 Å². The first-order chi connectivity index (χ1) is 7.27. The number of benzene rings is 1. The molecule has 1 N–H and O–H groups in total. The van der Waals surface area contributed by atoms with E-state index in [1.54, 1.807) is 0 Å². The maximum atomic E-state index is 3.55.